The largest absolute Gasteiger partial charge is 2.00 e. The molecule has 0 saturated carbocycles. The molecule has 7 heteroatoms. The summed E-state index contributed by atoms with van der Waals surface area (Å²) in [4.78, 5) is 24.3. The van der Waals surface area contributed by atoms with E-state index in [1.54, 1.807) is 0 Å². The normalized spacial score (nSPS) is 10.9. The van der Waals surface area contributed by atoms with Crippen molar-refractivity contribution >= 4 is 11.6 Å². The van der Waals surface area contributed by atoms with Gasteiger partial charge >= 0.3 is 17.1 Å². The molecule has 0 saturated heterocycles. The van der Waals surface area contributed by atoms with E-state index in [9.17, 15) is 19.8 Å². The number of ketones is 2. The van der Waals surface area contributed by atoms with Crippen molar-refractivity contribution in [2.45, 2.75) is 27.7 Å². The van der Waals surface area contributed by atoms with E-state index in [1.165, 1.54) is 27.7 Å². The molecule has 1 radical (unpaired) electrons. The van der Waals surface area contributed by atoms with Gasteiger partial charge in [-0.15, -0.1) is 11.5 Å². The maximum Gasteiger partial charge on any atom is 2.00 e. The average molecular weight is 369 g/mol. The number of likely N-dealkylation sites (N-methyl/N-ethyl adjacent to an activating group) is 2. The van der Waals surface area contributed by atoms with Gasteiger partial charge in [0.05, 0.1) is 0 Å². The fourth-order valence-corrected chi connectivity index (χ4v) is 0.972. The molecule has 0 aliphatic rings. The summed E-state index contributed by atoms with van der Waals surface area (Å²) in [7, 11) is 8.35. The van der Waals surface area contributed by atoms with E-state index in [0.717, 1.165) is 25.2 Å². The van der Waals surface area contributed by atoms with Crippen LogP contribution in [-0.4, -0.2) is 62.6 Å². The molecule has 0 aromatic rings. The van der Waals surface area contributed by atoms with E-state index in [2.05, 4.69) is 38.0 Å². The molecule has 0 N–H and O–H groups in total. The van der Waals surface area contributed by atoms with Crippen LogP contribution < -0.4 is 10.2 Å². The molecule has 0 rings (SSSR count). The quantitative estimate of drug-likeness (QED) is 0.379. The van der Waals surface area contributed by atoms with Gasteiger partial charge in [-0.1, -0.05) is 13.8 Å². The molecule has 23 heavy (non-hydrogen) atoms. The van der Waals surface area contributed by atoms with Gasteiger partial charge in [0.1, 0.15) is 0 Å². The molecule has 135 valence electrons. The van der Waals surface area contributed by atoms with Crippen LogP contribution in [0.5, 0.6) is 0 Å². The van der Waals surface area contributed by atoms with Crippen LogP contribution in [0.4, 0.5) is 0 Å². The Labute approximate surface area is 151 Å². The smallest absolute Gasteiger partial charge is 0.876 e. The molecule has 0 fully saturated rings. The number of nitrogens with zero attached hydrogens (tertiary/aromatic N) is 2. The number of hydrogen-bond donors (Lipinski definition) is 0. The zero-order valence-electron chi connectivity index (χ0n) is 15.5. The zero-order valence-corrected chi connectivity index (χ0v) is 16.7. The monoisotopic (exact) mass is 369 g/mol. The molecular weight excluding hydrogens is 339 g/mol. The summed E-state index contributed by atoms with van der Waals surface area (Å²) < 4.78 is 0. The molecule has 0 heterocycles. The Balaban J connectivity index is -0.000000116. The second kappa shape index (κ2) is 18.9. The van der Waals surface area contributed by atoms with Gasteiger partial charge in [-0.05, 0) is 54.2 Å². The SMILES string of the molecule is CC(=O)/C=C(/C)[O-].CC(=O)/C=C(/C)[O-].CN(C)CCN(C)C.[Mn+2]. The molecule has 0 bridgehead atoms. The minimum Gasteiger partial charge on any atom is -0.876 e. The predicted molar refractivity (Wildman–Crippen MR) is 86.0 cm³/mol. The van der Waals surface area contributed by atoms with Gasteiger partial charge in [0, 0.05) is 13.1 Å². The van der Waals surface area contributed by atoms with Gasteiger partial charge in [-0.2, -0.15) is 0 Å². The van der Waals surface area contributed by atoms with E-state index in [-0.39, 0.29) is 40.2 Å². The summed E-state index contributed by atoms with van der Waals surface area (Å²) in [5.41, 5.74) is 0. The molecule has 6 nitrogen and oxygen atoms in total. The number of rotatable bonds is 5. The molecule has 0 spiro atoms. The Kier molecular flexibility index (Phi) is 24.5. The van der Waals surface area contributed by atoms with Crippen LogP contribution in [0.2, 0.25) is 0 Å². The number of hydrogen-bond acceptors (Lipinski definition) is 6. The summed E-state index contributed by atoms with van der Waals surface area (Å²) in [5.74, 6) is -0.750. The Morgan fingerprint density at radius 3 is 1.00 bits per heavy atom. The molecular formula is C16H30MnN2O4. The summed E-state index contributed by atoms with van der Waals surface area (Å²) in [5, 5.41) is 20.0. The molecule has 0 amide bonds. The Morgan fingerprint density at radius 2 is 0.957 bits per heavy atom. The van der Waals surface area contributed by atoms with Crippen LogP contribution in [0.1, 0.15) is 27.7 Å². The van der Waals surface area contributed by atoms with Gasteiger partial charge in [-0.25, -0.2) is 0 Å². The van der Waals surface area contributed by atoms with Crippen molar-refractivity contribution in [3.05, 3.63) is 23.7 Å². The predicted octanol–water partition coefficient (Wildman–Crippen LogP) is -0.214. The van der Waals surface area contributed by atoms with Crippen molar-refractivity contribution < 1.29 is 36.9 Å². The summed E-state index contributed by atoms with van der Waals surface area (Å²) in [6.45, 7) is 7.69. The van der Waals surface area contributed by atoms with Gasteiger partial charge in [0.2, 0.25) is 0 Å². The molecule has 0 atom stereocenters. The first-order chi connectivity index (χ1) is 9.88. The fraction of sp³-hybridized carbons (Fsp3) is 0.625. The standard InChI is InChI=1S/C6H16N2.2C5H8O2.Mn/c1-7(2)5-6-8(3)4;2*1-4(6)3-5(2)7;/h5-6H2,1-4H3;2*3,6H,1-2H3;/q;;;+2/p-2/b;2*4-3-;. The molecule has 0 aromatic heterocycles. The minimum atomic E-state index is -0.187. The average Bonchev–Trinajstić information content (AvgIpc) is 2.23. The van der Waals surface area contributed by atoms with Gasteiger partial charge in [-0.3, -0.25) is 9.59 Å². The Morgan fingerprint density at radius 1 is 0.739 bits per heavy atom. The summed E-state index contributed by atoms with van der Waals surface area (Å²) >= 11 is 0. The summed E-state index contributed by atoms with van der Waals surface area (Å²) in [6, 6.07) is 0. The van der Waals surface area contributed by atoms with Crippen molar-refractivity contribution in [2.75, 3.05) is 41.3 Å². The molecule has 0 aromatic carbocycles. The van der Waals surface area contributed by atoms with Crippen LogP contribution in [0.15, 0.2) is 23.7 Å². The molecule has 0 aliphatic heterocycles. The fourth-order valence-electron chi connectivity index (χ4n) is 0.972. The van der Waals surface area contributed by atoms with E-state index >= 15 is 0 Å². The molecule has 0 aliphatic carbocycles. The van der Waals surface area contributed by atoms with Gasteiger partial charge in [0.15, 0.2) is 11.6 Å². The minimum absolute atomic E-state index is 0. The molecule has 0 unspecified atom stereocenters. The van der Waals surface area contributed by atoms with Crippen molar-refractivity contribution in [1.29, 1.82) is 0 Å². The Bertz CT molecular complexity index is 334. The second-order valence-electron chi connectivity index (χ2n) is 5.34. The van der Waals surface area contributed by atoms with Crippen LogP contribution in [0.25, 0.3) is 0 Å². The third-order valence-electron chi connectivity index (χ3n) is 1.81. The Hall–Kier alpha value is -1.14. The van der Waals surface area contributed by atoms with Crippen LogP contribution >= 0.6 is 0 Å². The van der Waals surface area contributed by atoms with E-state index in [4.69, 9.17) is 0 Å². The van der Waals surface area contributed by atoms with E-state index < -0.39 is 0 Å². The zero-order chi connectivity index (χ0) is 18.3. The van der Waals surface area contributed by atoms with Gasteiger partial charge in [0.25, 0.3) is 0 Å². The first kappa shape index (κ1) is 29.8. The van der Waals surface area contributed by atoms with E-state index in [1.807, 2.05) is 0 Å². The number of carbonyl (C=O) groups excluding carboxylic acids is 2. The van der Waals surface area contributed by atoms with Gasteiger partial charge < -0.3 is 20.0 Å². The van der Waals surface area contributed by atoms with E-state index in [0.29, 0.717) is 0 Å². The summed E-state index contributed by atoms with van der Waals surface area (Å²) in [6.07, 6.45) is 2.11. The third-order valence-corrected chi connectivity index (χ3v) is 1.81. The van der Waals surface area contributed by atoms with Crippen molar-refractivity contribution in [3.63, 3.8) is 0 Å². The van der Waals surface area contributed by atoms with Crippen molar-refractivity contribution in [2.24, 2.45) is 0 Å². The maximum absolute atomic E-state index is 9.98. The first-order valence-corrected chi connectivity index (χ1v) is 6.89. The van der Waals surface area contributed by atoms with Crippen molar-refractivity contribution in [1.82, 2.24) is 9.80 Å². The first-order valence-electron chi connectivity index (χ1n) is 6.89. The van der Waals surface area contributed by atoms with Crippen LogP contribution in [0.3, 0.4) is 0 Å². The number of allylic oxidation sites excluding steroid dienone is 4. The maximum atomic E-state index is 9.98. The van der Waals surface area contributed by atoms with Crippen LogP contribution in [0, 0.1) is 0 Å². The van der Waals surface area contributed by atoms with Crippen molar-refractivity contribution in [3.8, 4) is 0 Å². The number of carbonyl (C=O) groups is 2. The van der Waals surface area contributed by atoms with Crippen LogP contribution in [-0.2, 0) is 26.7 Å². The third kappa shape index (κ3) is 52.8. The second-order valence-corrected chi connectivity index (χ2v) is 5.34. The topological polar surface area (TPSA) is 86.7 Å².